The van der Waals surface area contributed by atoms with Crippen LogP contribution in [0.1, 0.15) is 32.6 Å². The molecule has 0 fully saturated rings. The van der Waals surface area contributed by atoms with Gasteiger partial charge in [0.1, 0.15) is 0 Å². The van der Waals surface area contributed by atoms with Gasteiger partial charge in [-0.1, -0.05) is 26.2 Å². The van der Waals surface area contributed by atoms with Gasteiger partial charge in [0.05, 0.1) is 0 Å². The molecule has 0 saturated carbocycles. The molecule has 0 aliphatic carbocycles. The molecule has 0 aromatic rings. The predicted octanol–water partition coefficient (Wildman–Crippen LogP) is 2.57. The number of rotatable bonds is 6. The van der Waals surface area contributed by atoms with Crippen molar-refractivity contribution in [3.05, 3.63) is 0 Å². The van der Waals surface area contributed by atoms with Crippen LogP contribution in [0.4, 0.5) is 0 Å². The smallest absolute Gasteiger partial charge is 0.170 e. The molecule has 0 saturated heterocycles. The summed E-state index contributed by atoms with van der Waals surface area (Å²) in [7, 11) is -0.722. The van der Waals surface area contributed by atoms with Crippen molar-refractivity contribution in [2.75, 3.05) is 6.61 Å². The van der Waals surface area contributed by atoms with Crippen LogP contribution in [0.5, 0.6) is 0 Å². The normalized spacial score (nSPS) is 10.8. The van der Waals surface area contributed by atoms with Crippen LogP contribution in [0.15, 0.2) is 0 Å². The van der Waals surface area contributed by atoms with Crippen molar-refractivity contribution >= 4 is 9.04 Å². The van der Waals surface area contributed by atoms with Gasteiger partial charge in [0.25, 0.3) is 0 Å². The van der Waals surface area contributed by atoms with Gasteiger partial charge in [0.15, 0.2) is 9.04 Å². The Hall–Kier alpha value is 0.177. The van der Waals surface area contributed by atoms with Crippen molar-refractivity contribution in [3.63, 3.8) is 0 Å². The summed E-state index contributed by atoms with van der Waals surface area (Å²) < 4.78 is 5.53. The maximum absolute atomic E-state index is 5.53. The number of hydrogen-bond acceptors (Lipinski definition) is 1. The molecule has 0 aliphatic heterocycles. The molecule has 0 heterocycles. The predicted molar refractivity (Wildman–Crippen MR) is 49.0 cm³/mol. The highest BCUT2D eigenvalue weighted by molar-refractivity contribution is 6.48. The molecule has 0 rings (SSSR count). The van der Waals surface area contributed by atoms with Crippen molar-refractivity contribution in [3.8, 4) is 0 Å². The zero-order valence-electron chi connectivity index (χ0n) is 7.52. The Morgan fingerprint density at radius 2 is 1.80 bits per heavy atom. The lowest BCUT2D eigenvalue weighted by Crippen LogP contribution is -2.08. The second-order valence-electron chi connectivity index (χ2n) is 2.98. The molecule has 1 nitrogen and oxygen atoms in total. The van der Waals surface area contributed by atoms with E-state index >= 15 is 0 Å². The van der Waals surface area contributed by atoms with Crippen LogP contribution in [0, 0.1) is 0 Å². The standard InChI is InChI=1S/C8H20OSi/c1-4-5-6-7-8-9-10(2)3/h10H,4-8H2,1-3H3. The highest BCUT2D eigenvalue weighted by Gasteiger charge is 1.93. The molecule has 2 heteroatoms. The highest BCUT2D eigenvalue weighted by Crippen LogP contribution is 1.99. The topological polar surface area (TPSA) is 9.23 Å². The SMILES string of the molecule is CCCCCCO[SiH](C)C. The van der Waals surface area contributed by atoms with Crippen molar-refractivity contribution in [1.82, 2.24) is 0 Å². The zero-order chi connectivity index (χ0) is 7.82. The van der Waals surface area contributed by atoms with Crippen molar-refractivity contribution in [2.45, 2.75) is 45.7 Å². The van der Waals surface area contributed by atoms with Crippen LogP contribution in [0.2, 0.25) is 13.1 Å². The van der Waals surface area contributed by atoms with E-state index in [9.17, 15) is 0 Å². The van der Waals surface area contributed by atoms with Gasteiger partial charge in [-0.25, -0.2) is 0 Å². The third-order valence-corrected chi connectivity index (χ3v) is 2.35. The summed E-state index contributed by atoms with van der Waals surface area (Å²) in [5.41, 5.74) is 0. The average Bonchev–Trinajstić information content (AvgIpc) is 1.87. The Morgan fingerprint density at radius 3 is 2.30 bits per heavy atom. The molecule has 0 amide bonds. The third-order valence-electron chi connectivity index (χ3n) is 1.45. The lowest BCUT2D eigenvalue weighted by atomic mass is 10.2. The summed E-state index contributed by atoms with van der Waals surface area (Å²) in [6.07, 6.45) is 5.29. The fourth-order valence-corrected chi connectivity index (χ4v) is 1.49. The molecule has 0 spiro atoms. The Labute approximate surface area is 66.5 Å². The quantitative estimate of drug-likeness (QED) is 0.428. The van der Waals surface area contributed by atoms with Gasteiger partial charge in [-0.2, -0.15) is 0 Å². The van der Waals surface area contributed by atoms with Gasteiger partial charge in [-0.3, -0.25) is 0 Å². The van der Waals surface area contributed by atoms with Gasteiger partial charge in [-0.05, 0) is 19.5 Å². The Kier molecular flexibility index (Phi) is 7.41. The average molecular weight is 160 g/mol. The van der Waals surface area contributed by atoms with E-state index in [1.165, 1.54) is 25.7 Å². The van der Waals surface area contributed by atoms with Crippen LogP contribution in [0.3, 0.4) is 0 Å². The summed E-state index contributed by atoms with van der Waals surface area (Å²) in [4.78, 5) is 0. The first-order valence-electron chi connectivity index (χ1n) is 4.39. The van der Waals surface area contributed by atoms with Gasteiger partial charge in [0, 0.05) is 6.61 Å². The van der Waals surface area contributed by atoms with E-state index in [1.807, 2.05) is 0 Å². The van der Waals surface area contributed by atoms with Gasteiger partial charge < -0.3 is 4.43 Å². The van der Waals surface area contributed by atoms with Crippen molar-refractivity contribution in [2.24, 2.45) is 0 Å². The molecule has 0 bridgehead atoms. The van der Waals surface area contributed by atoms with Crippen molar-refractivity contribution in [1.29, 1.82) is 0 Å². The van der Waals surface area contributed by atoms with E-state index in [-0.39, 0.29) is 0 Å². The molecular formula is C8H20OSi. The summed E-state index contributed by atoms with van der Waals surface area (Å²) >= 11 is 0. The van der Waals surface area contributed by atoms with Gasteiger partial charge in [-0.15, -0.1) is 0 Å². The van der Waals surface area contributed by atoms with Gasteiger partial charge in [0.2, 0.25) is 0 Å². The molecule has 0 aliphatic rings. The van der Waals surface area contributed by atoms with Crippen molar-refractivity contribution < 1.29 is 4.43 Å². The second-order valence-corrected chi connectivity index (χ2v) is 5.41. The van der Waals surface area contributed by atoms with Gasteiger partial charge >= 0.3 is 0 Å². The van der Waals surface area contributed by atoms with Crippen LogP contribution in [-0.2, 0) is 4.43 Å². The minimum Gasteiger partial charge on any atom is -0.421 e. The largest absolute Gasteiger partial charge is 0.421 e. The first-order chi connectivity index (χ1) is 4.77. The number of hydrogen-bond donors (Lipinski definition) is 0. The van der Waals surface area contributed by atoms with E-state index in [0.717, 1.165) is 6.61 Å². The lowest BCUT2D eigenvalue weighted by Gasteiger charge is -2.04. The summed E-state index contributed by atoms with van der Waals surface area (Å²) in [6.45, 7) is 7.68. The Balaban J connectivity index is 2.77. The maximum Gasteiger partial charge on any atom is 0.170 e. The second kappa shape index (κ2) is 7.29. The molecule has 0 unspecified atom stereocenters. The van der Waals surface area contributed by atoms with E-state index in [1.54, 1.807) is 0 Å². The molecule has 62 valence electrons. The summed E-state index contributed by atoms with van der Waals surface area (Å²) in [5, 5.41) is 0. The zero-order valence-corrected chi connectivity index (χ0v) is 8.68. The van der Waals surface area contributed by atoms with E-state index in [2.05, 4.69) is 20.0 Å². The molecule has 0 radical (unpaired) electrons. The minimum atomic E-state index is -0.722. The van der Waals surface area contributed by atoms with Crippen LogP contribution < -0.4 is 0 Å². The highest BCUT2D eigenvalue weighted by atomic mass is 28.3. The van der Waals surface area contributed by atoms with E-state index in [4.69, 9.17) is 4.43 Å². The molecule has 10 heavy (non-hydrogen) atoms. The van der Waals surface area contributed by atoms with Crippen LogP contribution >= 0.6 is 0 Å². The molecule has 0 aromatic carbocycles. The van der Waals surface area contributed by atoms with E-state index in [0.29, 0.717) is 0 Å². The third kappa shape index (κ3) is 8.18. The molecular weight excluding hydrogens is 140 g/mol. The van der Waals surface area contributed by atoms with Crippen LogP contribution in [-0.4, -0.2) is 15.6 Å². The molecule has 0 aromatic heterocycles. The molecule has 0 N–H and O–H groups in total. The fourth-order valence-electron chi connectivity index (χ4n) is 0.848. The number of unbranched alkanes of at least 4 members (excludes halogenated alkanes) is 3. The Bertz CT molecular complexity index is 64.3. The summed E-state index contributed by atoms with van der Waals surface area (Å²) in [6, 6.07) is 0. The Morgan fingerprint density at radius 1 is 1.10 bits per heavy atom. The summed E-state index contributed by atoms with van der Waals surface area (Å²) in [5.74, 6) is 0. The first kappa shape index (κ1) is 10.2. The first-order valence-corrected chi connectivity index (χ1v) is 7.17. The van der Waals surface area contributed by atoms with E-state index < -0.39 is 9.04 Å². The minimum absolute atomic E-state index is 0.722. The molecule has 0 atom stereocenters. The lowest BCUT2D eigenvalue weighted by molar-refractivity contribution is 0.312. The van der Waals surface area contributed by atoms with Crippen LogP contribution in [0.25, 0.3) is 0 Å². The fraction of sp³-hybridized carbons (Fsp3) is 1.00. The monoisotopic (exact) mass is 160 g/mol. The maximum atomic E-state index is 5.53.